The molecule has 9 rings (SSSR count). The Labute approximate surface area is 332 Å². The summed E-state index contributed by atoms with van der Waals surface area (Å²) in [4.78, 5) is 4.38. The van der Waals surface area contributed by atoms with Crippen molar-refractivity contribution in [2.24, 2.45) is 14.1 Å². The van der Waals surface area contributed by atoms with Crippen molar-refractivity contribution >= 4 is 57.5 Å². The molecule has 0 atom stereocenters. The molecule has 6 aromatic rings. The highest BCUT2D eigenvalue weighted by Crippen LogP contribution is 2.37. The van der Waals surface area contributed by atoms with E-state index in [4.69, 9.17) is 20.9 Å². The number of hydrogen-bond acceptors (Lipinski definition) is 12. The summed E-state index contributed by atoms with van der Waals surface area (Å²) in [6, 6.07) is 20.0. The normalized spacial score (nSPS) is 18.5. The van der Waals surface area contributed by atoms with Crippen LogP contribution in [0.3, 0.4) is 0 Å². The standard InChI is InChI=1S/C17H19N5O.C13H14ClN3O.C10H17BN2O2/c1-21-15(6-9-18-21)16-13-4-2-3-5-14(13)17(20-19-16)22-10-7-12(23)8-11-22;14-12-10-3-1-2-4-11(10)13(16-15-12)17-7-5-9(18)6-8-17;1-9(2)10(3,4)15-11(14-9)8-6-7-12-13(8)5/h2-6,9,12,23H,7-8,10-11H2,1H3;1-4,9,18H,5-8H2;6-7H,1-5H3. The lowest BCUT2D eigenvalue weighted by Gasteiger charge is -2.32. The van der Waals surface area contributed by atoms with E-state index in [1.54, 1.807) is 17.1 Å². The smallest absolute Gasteiger partial charge is 0.398 e. The third kappa shape index (κ3) is 8.23. The summed E-state index contributed by atoms with van der Waals surface area (Å²) in [5.41, 5.74) is 2.17. The van der Waals surface area contributed by atoms with Crippen LogP contribution in [0.2, 0.25) is 5.15 Å². The number of fused-ring (bicyclic) bond motifs is 2. The Kier molecular flexibility index (Phi) is 11.6. The lowest BCUT2D eigenvalue weighted by Crippen LogP contribution is -2.41. The van der Waals surface area contributed by atoms with E-state index >= 15 is 0 Å². The number of piperidine rings is 2. The minimum Gasteiger partial charge on any atom is -0.398 e. The zero-order valence-electron chi connectivity index (χ0n) is 32.9. The van der Waals surface area contributed by atoms with Crippen molar-refractivity contribution in [3.63, 3.8) is 0 Å². The molecule has 0 radical (unpaired) electrons. The van der Waals surface area contributed by atoms with Crippen LogP contribution in [0.1, 0.15) is 53.4 Å². The Morgan fingerprint density at radius 1 is 0.625 bits per heavy atom. The highest BCUT2D eigenvalue weighted by atomic mass is 35.5. The number of aliphatic hydroxyl groups excluding tert-OH is 2. The number of aliphatic hydroxyl groups is 2. The van der Waals surface area contributed by atoms with Crippen molar-refractivity contribution < 1.29 is 19.5 Å². The molecule has 14 nitrogen and oxygen atoms in total. The molecule has 4 aromatic heterocycles. The molecule has 7 heterocycles. The van der Waals surface area contributed by atoms with Gasteiger partial charge >= 0.3 is 7.12 Å². The Morgan fingerprint density at radius 2 is 1.09 bits per heavy atom. The first kappa shape index (κ1) is 39.6. The van der Waals surface area contributed by atoms with E-state index in [1.165, 1.54) is 0 Å². The van der Waals surface area contributed by atoms with Gasteiger partial charge in [-0.2, -0.15) is 10.2 Å². The molecule has 0 bridgehead atoms. The van der Waals surface area contributed by atoms with E-state index in [0.29, 0.717) is 5.15 Å². The highest BCUT2D eigenvalue weighted by molar-refractivity contribution is 6.61. The minimum atomic E-state index is -0.317. The largest absolute Gasteiger partial charge is 0.514 e. The van der Waals surface area contributed by atoms with Gasteiger partial charge in [0.05, 0.1) is 34.7 Å². The molecule has 0 spiro atoms. The summed E-state index contributed by atoms with van der Waals surface area (Å²) in [7, 11) is 3.48. The second-order valence-corrected chi connectivity index (χ2v) is 15.9. The maximum atomic E-state index is 9.71. The van der Waals surface area contributed by atoms with Crippen LogP contribution in [0.4, 0.5) is 11.6 Å². The van der Waals surface area contributed by atoms with Crippen LogP contribution in [0.15, 0.2) is 73.1 Å². The Morgan fingerprint density at radius 3 is 1.59 bits per heavy atom. The molecule has 0 unspecified atom stereocenters. The van der Waals surface area contributed by atoms with Gasteiger partial charge in [0.25, 0.3) is 0 Å². The van der Waals surface area contributed by atoms with E-state index in [0.717, 1.165) is 102 Å². The summed E-state index contributed by atoms with van der Waals surface area (Å²) < 4.78 is 15.4. The van der Waals surface area contributed by atoms with Gasteiger partial charge < -0.3 is 29.3 Å². The predicted molar refractivity (Wildman–Crippen MR) is 220 cm³/mol. The first-order valence-corrected chi connectivity index (χ1v) is 19.5. The minimum absolute atomic E-state index is 0.187. The number of halogens is 1. The maximum Gasteiger partial charge on any atom is 0.514 e. The van der Waals surface area contributed by atoms with Crippen molar-refractivity contribution in [1.82, 2.24) is 40.0 Å². The first-order chi connectivity index (χ1) is 26.8. The molecule has 3 saturated heterocycles. The second kappa shape index (κ2) is 16.4. The quantitative estimate of drug-likeness (QED) is 0.233. The third-order valence-electron chi connectivity index (χ3n) is 11.2. The molecule has 2 N–H and O–H groups in total. The molecule has 0 amide bonds. The fourth-order valence-corrected chi connectivity index (χ4v) is 7.35. The third-order valence-corrected chi connectivity index (χ3v) is 11.5. The molecular formula is C40H50BClN10O4. The van der Waals surface area contributed by atoms with Crippen LogP contribution >= 0.6 is 11.6 Å². The molecule has 3 fully saturated rings. The van der Waals surface area contributed by atoms with Gasteiger partial charge in [0.15, 0.2) is 16.8 Å². The van der Waals surface area contributed by atoms with Gasteiger partial charge in [-0.25, -0.2) is 0 Å². The monoisotopic (exact) mass is 780 g/mol. The molecule has 3 aliphatic heterocycles. The number of anilines is 2. The van der Waals surface area contributed by atoms with Crippen molar-refractivity contribution in [1.29, 1.82) is 0 Å². The Balaban J connectivity index is 0.000000132. The zero-order chi connectivity index (χ0) is 39.6. The molecular weight excluding hydrogens is 731 g/mol. The predicted octanol–water partition coefficient (Wildman–Crippen LogP) is 4.96. The van der Waals surface area contributed by atoms with E-state index < -0.39 is 0 Å². The van der Waals surface area contributed by atoms with Gasteiger partial charge in [-0.15, -0.1) is 20.4 Å². The fraction of sp³-hybridized carbons (Fsp3) is 0.450. The van der Waals surface area contributed by atoms with Crippen molar-refractivity contribution in [2.45, 2.75) is 76.8 Å². The van der Waals surface area contributed by atoms with Gasteiger partial charge in [-0.3, -0.25) is 9.36 Å². The van der Waals surface area contributed by atoms with Crippen LogP contribution < -0.4 is 15.4 Å². The van der Waals surface area contributed by atoms with Gasteiger partial charge in [0.1, 0.15) is 5.69 Å². The number of rotatable bonds is 4. The number of nitrogens with zero attached hydrogens (tertiary/aromatic N) is 10. The van der Waals surface area contributed by atoms with E-state index in [2.05, 4.69) is 52.5 Å². The summed E-state index contributed by atoms with van der Waals surface area (Å²) in [6.07, 6.45) is 6.24. The molecule has 3 aliphatic rings. The van der Waals surface area contributed by atoms with E-state index in [-0.39, 0.29) is 30.5 Å². The first-order valence-electron chi connectivity index (χ1n) is 19.2. The maximum absolute atomic E-state index is 9.71. The molecule has 0 saturated carbocycles. The van der Waals surface area contributed by atoms with Crippen LogP contribution in [0.5, 0.6) is 0 Å². The molecule has 16 heteroatoms. The average molecular weight is 781 g/mol. The lowest BCUT2D eigenvalue weighted by molar-refractivity contribution is 0.00578. The van der Waals surface area contributed by atoms with Crippen molar-refractivity contribution in [2.75, 3.05) is 36.0 Å². The molecule has 56 heavy (non-hydrogen) atoms. The molecule has 2 aromatic carbocycles. The number of benzene rings is 2. The van der Waals surface area contributed by atoms with E-state index in [1.807, 2.05) is 95.0 Å². The zero-order valence-corrected chi connectivity index (χ0v) is 33.6. The summed E-state index contributed by atoms with van der Waals surface area (Å²) >= 11 is 6.06. The van der Waals surface area contributed by atoms with Crippen molar-refractivity contribution in [3.05, 3.63) is 78.2 Å². The summed E-state index contributed by atoms with van der Waals surface area (Å²) in [6.45, 7) is 11.4. The number of hydrogen-bond donors (Lipinski definition) is 2. The van der Waals surface area contributed by atoms with Gasteiger partial charge in [-0.05, 0) is 65.5 Å². The van der Waals surface area contributed by atoms with Crippen LogP contribution in [-0.4, -0.2) is 107 Å². The van der Waals surface area contributed by atoms with Gasteiger partial charge in [0.2, 0.25) is 0 Å². The summed E-state index contributed by atoms with van der Waals surface area (Å²) in [5.74, 6) is 1.76. The van der Waals surface area contributed by atoms with Crippen molar-refractivity contribution in [3.8, 4) is 11.4 Å². The average Bonchev–Trinajstić information content (AvgIpc) is 3.88. The Bertz CT molecular complexity index is 2250. The highest BCUT2D eigenvalue weighted by Gasteiger charge is 2.52. The summed E-state index contributed by atoms with van der Waals surface area (Å²) in [5, 5.41) is 49.4. The van der Waals surface area contributed by atoms with Gasteiger partial charge in [0, 0.05) is 74.2 Å². The van der Waals surface area contributed by atoms with Crippen LogP contribution in [-0.2, 0) is 23.4 Å². The second-order valence-electron chi connectivity index (χ2n) is 15.5. The Hall–Kier alpha value is -4.67. The van der Waals surface area contributed by atoms with Crippen LogP contribution in [0, 0.1) is 0 Å². The lowest BCUT2D eigenvalue weighted by atomic mass is 9.85. The van der Waals surface area contributed by atoms with Crippen LogP contribution in [0.25, 0.3) is 32.9 Å². The number of aryl methyl sites for hydroxylation is 2. The molecule has 294 valence electrons. The molecule has 0 aliphatic carbocycles. The fourth-order valence-electron chi connectivity index (χ4n) is 7.14. The topological polar surface area (TPSA) is 153 Å². The van der Waals surface area contributed by atoms with Gasteiger partial charge in [-0.1, -0.05) is 60.1 Å². The number of aromatic nitrogens is 8. The van der Waals surface area contributed by atoms with E-state index in [9.17, 15) is 10.2 Å². The SMILES string of the molecule is Cn1nccc1-c1nnc(N2CCC(O)CC2)c2ccccc12.Cn1nccc1B1OC(C)(C)C(C)(C)O1.OC1CCN(c2nnc(Cl)c3ccccc23)CC1.